The number of nitrogens with zero attached hydrogens (tertiary/aromatic N) is 8. The maximum atomic E-state index is 14.9. The first-order chi connectivity index (χ1) is 36.3. The minimum Gasteiger partial charge on any atom is -0.494 e. The lowest BCUT2D eigenvalue weighted by atomic mass is 9.73. The lowest BCUT2D eigenvalue weighted by Gasteiger charge is -2.45. The number of aliphatic hydroxyl groups is 1. The number of halogens is 1. The van der Waals surface area contributed by atoms with Gasteiger partial charge >= 0.3 is 0 Å². The topological polar surface area (TPSA) is 225 Å². The number of hydrogen-bond acceptors (Lipinski definition) is 16. The quantitative estimate of drug-likeness (QED) is 0.0633. The molecular weight excluding hydrogens is 1030 g/mol. The van der Waals surface area contributed by atoms with Crippen molar-refractivity contribution in [3.05, 3.63) is 112 Å². The molecule has 3 aliphatic rings. The second-order valence-electron chi connectivity index (χ2n) is 20.9. The molecule has 0 saturated carbocycles. The maximum absolute atomic E-state index is 14.9. The van der Waals surface area contributed by atoms with Gasteiger partial charge in [0.1, 0.15) is 35.1 Å². The zero-order valence-electron chi connectivity index (χ0n) is 44.0. The number of ether oxygens (including phenoxy) is 1. The summed E-state index contributed by atoms with van der Waals surface area (Å²) in [6.07, 6.45) is 2.08. The average molecular weight is 1090 g/mol. The summed E-state index contributed by atoms with van der Waals surface area (Å²) in [5, 5.41) is 23.0. The number of thiazole rings is 1. The van der Waals surface area contributed by atoms with Crippen molar-refractivity contribution in [2.45, 2.75) is 82.9 Å². The predicted molar refractivity (Wildman–Crippen MR) is 298 cm³/mol. The Balaban J connectivity index is 0.862. The van der Waals surface area contributed by atoms with E-state index in [2.05, 4.69) is 46.6 Å². The van der Waals surface area contributed by atoms with Crippen molar-refractivity contribution in [2.75, 3.05) is 81.8 Å². The summed E-state index contributed by atoms with van der Waals surface area (Å²) >= 11 is 8.05. The Hall–Kier alpha value is -6.37. The predicted octanol–water partition coefficient (Wildman–Crippen LogP) is 8.15. The molecule has 5 N–H and O–H groups in total. The SMILES string of the molecule is COc1cc(N2CCC(N3CCN(C(=O)C[C@@H](c4ccc(-c5scnc5C)cc4)C4(C(N)=O)CC(O)CN4C(=O)[C@@H](c4cc(C)no4)C(C)C)CC3)CC2)ccc1Nc1ncc(Cl)c(Nc2ccccc2P(C)(C)=O)n1. The molecule has 0 spiro atoms. The third kappa shape index (κ3) is 11.4. The first-order valence-corrected chi connectivity index (χ1v) is 29.6. The number of carbonyl (C=O) groups excluding carboxylic acids is 3. The van der Waals surface area contributed by atoms with Crippen LogP contribution in [-0.2, 0) is 18.9 Å². The second-order valence-corrected chi connectivity index (χ2v) is 25.3. The number of carbonyl (C=O) groups is 3. The molecule has 0 radical (unpaired) electrons. The molecule has 3 amide bonds. The van der Waals surface area contributed by atoms with Crippen molar-refractivity contribution in [3.8, 4) is 16.2 Å². The number of nitrogens with one attached hydrogen (secondary N) is 2. The summed E-state index contributed by atoms with van der Waals surface area (Å²) in [5.41, 5.74) is 12.0. The van der Waals surface area contributed by atoms with E-state index in [-0.39, 0.29) is 31.2 Å². The lowest BCUT2D eigenvalue weighted by molar-refractivity contribution is -0.149. The zero-order valence-corrected chi connectivity index (χ0v) is 46.5. The molecule has 0 aliphatic carbocycles. The number of para-hydroxylation sites is 1. The van der Waals surface area contributed by atoms with Crippen LogP contribution in [-0.4, -0.2) is 142 Å². The highest BCUT2D eigenvalue weighted by atomic mass is 35.5. The number of likely N-dealkylation sites (tertiary alicyclic amines) is 1. The number of nitrogens with two attached hydrogens (primary N) is 1. The van der Waals surface area contributed by atoms with Crippen LogP contribution in [0.2, 0.25) is 5.02 Å². The maximum Gasteiger partial charge on any atom is 0.244 e. The molecular formula is C55H67ClN11O7PS. The Bertz CT molecular complexity index is 3120. The molecule has 0 bridgehead atoms. The largest absolute Gasteiger partial charge is 0.494 e. The van der Waals surface area contributed by atoms with E-state index < -0.39 is 42.4 Å². The highest BCUT2D eigenvalue weighted by molar-refractivity contribution is 7.70. The van der Waals surface area contributed by atoms with Crippen LogP contribution in [0.4, 0.5) is 28.8 Å². The van der Waals surface area contributed by atoms with Gasteiger partial charge in [-0.25, -0.2) is 9.97 Å². The number of β-amino-alcohol motifs (C(OH)–C–C–N with tert-alkyl or cyclic N) is 1. The van der Waals surface area contributed by atoms with E-state index in [1.54, 1.807) is 38.9 Å². The molecule has 6 heterocycles. The number of primary amides is 1. The molecule has 2 unspecified atom stereocenters. The van der Waals surface area contributed by atoms with Gasteiger partial charge in [-0.3, -0.25) is 19.3 Å². The zero-order chi connectivity index (χ0) is 54.1. The first kappa shape index (κ1) is 54.4. The number of methoxy groups -OCH3 is 1. The van der Waals surface area contributed by atoms with E-state index >= 15 is 0 Å². The fraction of sp³-hybridized carbons (Fsp3) is 0.436. The molecule has 3 aromatic heterocycles. The monoisotopic (exact) mass is 1090 g/mol. The van der Waals surface area contributed by atoms with Crippen LogP contribution in [0.5, 0.6) is 5.75 Å². The summed E-state index contributed by atoms with van der Waals surface area (Å²) in [6.45, 7) is 14.8. The van der Waals surface area contributed by atoms with Gasteiger partial charge in [0.2, 0.25) is 23.7 Å². The first-order valence-electron chi connectivity index (χ1n) is 25.7. The van der Waals surface area contributed by atoms with E-state index in [9.17, 15) is 24.1 Å². The van der Waals surface area contributed by atoms with E-state index in [0.29, 0.717) is 88.5 Å². The van der Waals surface area contributed by atoms with Crippen LogP contribution in [0.25, 0.3) is 10.4 Å². The highest BCUT2D eigenvalue weighted by Gasteiger charge is 2.59. The van der Waals surface area contributed by atoms with Gasteiger partial charge in [-0.2, -0.15) is 4.98 Å². The van der Waals surface area contributed by atoms with Gasteiger partial charge in [-0.05, 0) is 81.3 Å². The number of piperidine rings is 1. The second kappa shape index (κ2) is 22.7. The Labute approximate surface area is 452 Å². The molecule has 3 saturated heterocycles. The molecule has 3 aromatic carbocycles. The van der Waals surface area contributed by atoms with Crippen LogP contribution >= 0.6 is 30.1 Å². The van der Waals surface area contributed by atoms with E-state index in [1.807, 2.05) is 86.3 Å². The Morgan fingerprint density at radius 1 is 0.961 bits per heavy atom. The van der Waals surface area contributed by atoms with Gasteiger partial charge in [0, 0.05) is 93.7 Å². The van der Waals surface area contributed by atoms with Gasteiger partial charge in [0.15, 0.2) is 5.82 Å². The minimum absolute atomic E-state index is 0.106. The molecule has 402 valence electrons. The molecule has 4 atom stereocenters. The number of benzene rings is 3. The lowest BCUT2D eigenvalue weighted by Crippen LogP contribution is -2.61. The number of piperazine rings is 1. The standard InChI is InChI=1S/C55H67ClN11O7PS/c1-33(2)49(46-26-34(3)63-74-46)52(70)67-31-40(68)29-55(67,53(57)71)41(36-12-14-37(15-13-36)50-35(4)59-32-76-50)28-48(69)66-24-22-65(23-25-66)38-18-20-64(21-19-38)39-16-17-43(45(27-39)73-5)61-54-58-30-42(56)51(62-54)60-44-10-8-9-11-47(44)75(6,7)72/h8-17,26-27,30,32-33,38,40-41,49,68H,18-25,28-29,31H2,1-7H3,(H2,57,71)(H2,58,60,61,62)/t40?,41-,49+,55?/m0/s1. The van der Waals surface area contributed by atoms with Crippen molar-refractivity contribution in [3.63, 3.8) is 0 Å². The van der Waals surface area contributed by atoms with Crippen LogP contribution in [0.3, 0.4) is 0 Å². The number of anilines is 5. The summed E-state index contributed by atoms with van der Waals surface area (Å²) in [5.74, 6) is -1.63. The third-order valence-corrected chi connectivity index (χ3v) is 18.0. The van der Waals surface area contributed by atoms with E-state index in [1.165, 1.54) is 22.4 Å². The summed E-state index contributed by atoms with van der Waals surface area (Å²) in [6, 6.07) is 23.2. The smallest absolute Gasteiger partial charge is 0.244 e. The number of aryl methyl sites for hydroxylation is 2. The van der Waals surface area contributed by atoms with Crippen LogP contribution in [0.15, 0.2) is 89.0 Å². The van der Waals surface area contributed by atoms with Crippen molar-refractivity contribution in [2.24, 2.45) is 11.7 Å². The minimum atomic E-state index is -2.59. The highest BCUT2D eigenvalue weighted by Crippen LogP contribution is 2.47. The molecule has 9 rings (SSSR count). The molecule has 3 aliphatic heterocycles. The Kier molecular flexibility index (Phi) is 16.2. The molecule has 6 aromatic rings. The number of rotatable bonds is 17. The fourth-order valence-electron chi connectivity index (χ4n) is 11.3. The summed E-state index contributed by atoms with van der Waals surface area (Å²) in [7, 11) is -0.965. The molecule has 18 nitrogen and oxygen atoms in total. The summed E-state index contributed by atoms with van der Waals surface area (Å²) in [4.78, 5) is 66.5. The fourth-order valence-corrected chi connectivity index (χ4v) is 13.4. The summed E-state index contributed by atoms with van der Waals surface area (Å²) < 4.78 is 24.5. The number of aromatic nitrogens is 4. The van der Waals surface area contributed by atoms with Crippen molar-refractivity contribution in [1.29, 1.82) is 0 Å². The van der Waals surface area contributed by atoms with Crippen LogP contribution in [0.1, 0.15) is 74.1 Å². The van der Waals surface area contributed by atoms with Gasteiger partial charge < -0.3 is 50.0 Å². The van der Waals surface area contributed by atoms with Gasteiger partial charge in [0.05, 0.1) is 52.6 Å². The average Bonchev–Trinajstić information content (AvgIpc) is 4.17. The normalized spacial score (nSPS) is 19.4. The van der Waals surface area contributed by atoms with E-state index in [0.717, 1.165) is 47.8 Å². The van der Waals surface area contributed by atoms with Crippen LogP contribution < -0.4 is 31.3 Å². The number of hydrogen-bond donors (Lipinski definition) is 4. The van der Waals surface area contributed by atoms with Gasteiger partial charge in [-0.1, -0.05) is 67.0 Å². The molecule has 76 heavy (non-hydrogen) atoms. The Morgan fingerprint density at radius 3 is 2.32 bits per heavy atom. The van der Waals surface area contributed by atoms with Crippen molar-refractivity contribution in [1.82, 2.24) is 34.8 Å². The molecule has 21 heteroatoms. The van der Waals surface area contributed by atoms with Crippen LogP contribution in [0, 0.1) is 19.8 Å². The van der Waals surface area contributed by atoms with Crippen molar-refractivity contribution >= 4 is 81.9 Å². The van der Waals surface area contributed by atoms with Crippen molar-refractivity contribution < 1.29 is 33.3 Å². The Morgan fingerprint density at radius 2 is 1.68 bits per heavy atom. The number of amides is 3. The number of aliphatic hydroxyl groups excluding tert-OH is 1. The molecule has 3 fully saturated rings. The van der Waals surface area contributed by atoms with E-state index in [4.69, 9.17) is 26.6 Å². The van der Waals surface area contributed by atoms with Gasteiger partial charge in [0.25, 0.3) is 0 Å². The van der Waals surface area contributed by atoms with Gasteiger partial charge in [-0.15, -0.1) is 11.3 Å². The third-order valence-electron chi connectivity index (χ3n) is 15.2.